The van der Waals surface area contributed by atoms with Crippen molar-refractivity contribution in [2.24, 2.45) is 17.6 Å². The van der Waals surface area contributed by atoms with Gasteiger partial charge in [-0.25, -0.2) is 0 Å². The van der Waals surface area contributed by atoms with Gasteiger partial charge in [-0.1, -0.05) is 13.8 Å². The van der Waals surface area contributed by atoms with Crippen LogP contribution in [0.5, 0.6) is 0 Å². The van der Waals surface area contributed by atoms with E-state index in [0.29, 0.717) is 0 Å². The summed E-state index contributed by atoms with van der Waals surface area (Å²) in [6, 6.07) is -0.306. The number of hydrogen-bond donors (Lipinski definition) is 1. The standard InChI is InChI=1S/C10H20N2O/c1-4-9(11)10(13)12(3)6-8-5-7(8)2/h7-9H,4-6,11H2,1-3H3/t7?,8?,9-/m1/s1. The summed E-state index contributed by atoms with van der Waals surface area (Å²) < 4.78 is 0. The van der Waals surface area contributed by atoms with Crippen molar-refractivity contribution in [2.45, 2.75) is 32.7 Å². The summed E-state index contributed by atoms with van der Waals surface area (Å²) >= 11 is 0. The summed E-state index contributed by atoms with van der Waals surface area (Å²) in [5.41, 5.74) is 5.66. The van der Waals surface area contributed by atoms with Gasteiger partial charge in [-0.3, -0.25) is 4.79 Å². The highest BCUT2D eigenvalue weighted by Crippen LogP contribution is 2.37. The lowest BCUT2D eigenvalue weighted by atomic mass is 10.2. The predicted molar refractivity (Wildman–Crippen MR) is 53.2 cm³/mol. The molecule has 1 saturated carbocycles. The Hall–Kier alpha value is -0.570. The third-order valence-electron chi connectivity index (χ3n) is 2.92. The second-order valence-corrected chi connectivity index (χ2v) is 4.21. The average Bonchev–Trinajstić information content (AvgIpc) is 2.79. The first kappa shape index (κ1) is 10.5. The third-order valence-corrected chi connectivity index (χ3v) is 2.92. The third kappa shape index (κ3) is 2.69. The maximum Gasteiger partial charge on any atom is 0.239 e. The van der Waals surface area contributed by atoms with E-state index in [0.717, 1.165) is 24.8 Å². The molecule has 0 aromatic rings. The highest BCUT2D eigenvalue weighted by molar-refractivity contribution is 5.81. The number of hydrogen-bond acceptors (Lipinski definition) is 2. The van der Waals surface area contributed by atoms with Gasteiger partial charge in [0.05, 0.1) is 6.04 Å². The van der Waals surface area contributed by atoms with Gasteiger partial charge in [0.1, 0.15) is 0 Å². The fourth-order valence-corrected chi connectivity index (χ4v) is 1.55. The van der Waals surface area contributed by atoms with Gasteiger partial charge < -0.3 is 10.6 Å². The van der Waals surface area contributed by atoms with Crippen LogP contribution in [0.4, 0.5) is 0 Å². The molecule has 1 amide bonds. The number of nitrogens with zero attached hydrogens (tertiary/aromatic N) is 1. The molecule has 3 heteroatoms. The monoisotopic (exact) mass is 184 g/mol. The fourth-order valence-electron chi connectivity index (χ4n) is 1.55. The zero-order valence-corrected chi connectivity index (χ0v) is 8.79. The van der Waals surface area contributed by atoms with Crippen LogP contribution in [0.15, 0.2) is 0 Å². The molecule has 1 aliphatic rings. The molecule has 76 valence electrons. The molecule has 3 nitrogen and oxygen atoms in total. The smallest absolute Gasteiger partial charge is 0.239 e. The number of amides is 1. The Morgan fingerprint density at radius 3 is 2.62 bits per heavy atom. The van der Waals surface area contributed by atoms with Crippen molar-refractivity contribution in [1.82, 2.24) is 4.90 Å². The quantitative estimate of drug-likeness (QED) is 0.703. The van der Waals surface area contributed by atoms with Crippen molar-refractivity contribution in [1.29, 1.82) is 0 Å². The molecule has 0 aliphatic heterocycles. The van der Waals surface area contributed by atoms with Crippen LogP contribution < -0.4 is 5.73 Å². The zero-order valence-electron chi connectivity index (χ0n) is 8.79. The van der Waals surface area contributed by atoms with Crippen molar-refractivity contribution < 1.29 is 4.79 Å². The molecule has 1 fully saturated rings. The van der Waals surface area contributed by atoms with Crippen LogP contribution in [0.2, 0.25) is 0 Å². The molecule has 0 spiro atoms. The van der Waals surface area contributed by atoms with E-state index < -0.39 is 0 Å². The summed E-state index contributed by atoms with van der Waals surface area (Å²) in [5.74, 6) is 1.60. The number of likely N-dealkylation sites (N-methyl/N-ethyl adjacent to an activating group) is 1. The Morgan fingerprint density at radius 2 is 2.23 bits per heavy atom. The number of rotatable bonds is 4. The largest absolute Gasteiger partial charge is 0.344 e. The van der Waals surface area contributed by atoms with E-state index in [1.807, 2.05) is 14.0 Å². The van der Waals surface area contributed by atoms with Crippen molar-refractivity contribution in [3.63, 3.8) is 0 Å². The zero-order chi connectivity index (χ0) is 10.0. The van der Waals surface area contributed by atoms with Crippen molar-refractivity contribution in [3.05, 3.63) is 0 Å². The second kappa shape index (κ2) is 4.09. The first-order valence-electron chi connectivity index (χ1n) is 5.06. The topological polar surface area (TPSA) is 46.3 Å². The van der Waals surface area contributed by atoms with Gasteiger partial charge in [-0.15, -0.1) is 0 Å². The van der Waals surface area contributed by atoms with E-state index in [-0.39, 0.29) is 11.9 Å². The summed E-state index contributed by atoms with van der Waals surface area (Å²) in [6.45, 7) is 5.05. The minimum atomic E-state index is -0.306. The average molecular weight is 184 g/mol. The molecule has 0 bridgehead atoms. The van der Waals surface area contributed by atoms with Crippen molar-refractivity contribution >= 4 is 5.91 Å². The molecule has 0 aromatic heterocycles. The molecule has 0 heterocycles. The van der Waals surface area contributed by atoms with Crippen molar-refractivity contribution in [3.8, 4) is 0 Å². The van der Waals surface area contributed by atoms with Crippen LogP contribution in [0, 0.1) is 11.8 Å². The lowest BCUT2D eigenvalue weighted by Crippen LogP contribution is -2.42. The first-order valence-corrected chi connectivity index (χ1v) is 5.06. The Balaban J connectivity index is 2.29. The second-order valence-electron chi connectivity index (χ2n) is 4.21. The summed E-state index contributed by atoms with van der Waals surface area (Å²) in [7, 11) is 1.85. The van der Waals surface area contributed by atoms with Gasteiger partial charge in [0, 0.05) is 13.6 Å². The van der Waals surface area contributed by atoms with Crippen LogP contribution in [-0.2, 0) is 4.79 Å². The van der Waals surface area contributed by atoms with Crippen LogP contribution in [0.1, 0.15) is 26.7 Å². The van der Waals surface area contributed by atoms with Crippen LogP contribution in [0.3, 0.4) is 0 Å². The summed E-state index contributed by atoms with van der Waals surface area (Å²) in [4.78, 5) is 13.3. The minimum Gasteiger partial charge on any atom is -0.344 e. The van der Waals surface area contributed by atoms with Crippen molar-refractivity contribution in [2.75, 3.05) is 13.6 Å². The molecule has 0 aromatic carbocycles. The van der Waals surface area contributed by atoms with Crippen LogP contribution in [-0.4, -0.2) is 30.4 Å². The Labute approximate surface area is 80.3 Å². The highest BCUT2D eigenvalue weighted by atomic mass is 16.2. The number of carbonyl (C=O) groups is 1. The van der Waals surface area contributed by atoms with Gasteiger partial charge in [0.15, 0.2) is 0 Å². The summed E-state index contributed by atoms with van der Waals surface area (Å²) in [6.07, 6.45) is 1.99. The van der Waals surface area contributed by atoms with Gasteiger partial charge in [0.25, 0.3) is 0 Å². The normalized spacial score (nSPS) is 28.3. The van der Waals surface area contributed by atoms with Crippen LogP contribution >= 0.6 is 0 Å². The lowest BCUT2D eigenvalue weighted by molar-refractivity contribution is -0.131. The molecule has 2 unspecified atom stereocenters. The predicted octanol–water partition coefficient (Wildman–Crippen LogP) is 0.838. The molecule has 13 heavy (non-hydrogen) atoms. The molecular weight excluding hydrogens is 164 g/mol. The van der Waals surface area contributed by atoms with Gasteiger partial charge in [0.2, 0.25) is 5.91 Å². The Kier molecular flexibility index (Phi) is 3.31. The molecule has 1 rings (SSSR count). The number of nitrogens with two attached hydrogens (primary N) is 1. The van der Waals surface area contributed by atoms with Gasteiger partial charge >= 0.3 is 0 Å². The van der Waals surface area contributed by atoms with E-state index in [2.05, 4.69) is 6.92 Å². The number of carbonyl (C=O) groups excluding carboxylic acids is 1. The minimum absolute atomic E-state index is 0.0848. The molecule has 2 N–H and O–H groups in total. The Morgan fingerprint density at radius 1 is 1.69 bits per heavy atom. The lowest BCUT2D eigenvalue weighted by Gasteiger charge is -2.20. The van der Waals surface area contributed by atoms with E-state index >= 15 is 0 Å². The summed E-state index contributed by atoms with van der Waals surface area (Å²) in [5, 5.41) is 0. The maximum absolute atomic E-state index is 11.5. The SMILES string of the molecule is CC[C@@H](N)C(=O)N(C)CC1CC1C. The fraction of sp³-hybridized carbons (Fsp3) is 0.900. The highest BCUT2D eigenvalue weighted by Gasteiger charge is 2.34. The maximum atomic E-state index is 11.5. The van der Waals surface area contributed by atoms with E-state index in [4.69, 9.17) is 5.73 Å². The molecule has 3 atom stereocenters. The Bertz CT molecular complexity index is 193. The molecule has 0 saturated heterocycles. The van der Waals surface area contributed by atoms with Gasteiger partial charge in [-0.05, 0) is 24.7 Å². The van der Waals surface area contributed by atoms with E-state index in [9.17, 15) is 4.79 Å². The molecule has 1 aliphatic carbocycles. The van der Waals surface area contributed by atoms with Crippen LogP contribution in [0.25, 0.3) is 0 Å². The molecule has 0 radical (unpaired) electrons. The van der Waals surface area contributed by atoms with E-state index in [1.54, 1.807) is 4.90 Å². The molecular formula is C10H20N2O. The van der Waals surface area contributed by atoms with E-state index in [1.165, 1.54) is 6.42 Å². The first-order chi connectivity index (χ1) is 6.06. The van der Waals surface area contributed by atoms with Gasteiger partial charge in [-0.2, -0.15) is 0 Å².